The normalized spacial score (nSPS) is 10.4. The quantitative estimate of drug-likeness (QED) is 0.618. The fourth-order valence-electron chi connectivity index (χ4n) is 1.32. The van der Waals surface area contributed by atoms with Crippen LogP contribution in [0.4, 0.5) is 4.39 Å². The topological polar surface area (TPSA) is 0 Å². The van der Waals surface area contributed by atoms with E-state index in [1.807, 2.05) is 13.0 Å². The summed E-state index contributed by atoms with van der Waals surface area (Å²) < 4.78 is 12.8. The molecule has 0 saturated heterocycles. The minimum absolute atomic E-state index is 0.134. The standard InChI is InChI=1S/C12H16F/c1-3-4-5-6-11-9-12(13)8-7-10(11)2/h5,7-9H,3-4,6H2,1-2H3. The number of unbranched alkanes of at least 4 members (excludes halogenated alkanes) is 2. The lowest BCUT2D eigenvalue weighted by molar-refractivity contribution is 0.625. The molecule has 1 aromatic carbocycles. The number of hydrogen-bond donors (Lipinski definition) is 0. The maximum absolute atomic E-state index is 12.8. The maximum atomic E-state index is 12.8. The predicted molar refractivity (Wildman–Crippen MR) is 54.0 cm³/mol. The van der Waals surface area contributed by atoms with Gasteiger partial charge in [0.25, 0.3) is 0 Å². The van der Waals surface area contributed by atoms with E-state index in [-0.39, 0.29) is 5.82 Å². The second kappa shape index (κ2) is 5.00. The second-order valence-corrected chi connectivity index (χ2v) is 3.35. The summed E-state index contributed by atoms with van der Waals surface area (Å²) >= 11 is 0. The van der Waals surface area contributed by atoms with E-state index in [0.717, 1.165) is 24.8 Å². The van der Waals surface area contributed by atoms with Gasteiger partial charge in [-0.1, -0.05) is 25.8 Å². The van der Waals surface area contributed by atoms with E-state index < -0.39 is 0 Å². The van der Waals surface area contributed by atoms with Crippen molar-refractivity contribution in [3.8, 4) is 0 Å². The van der Waals surface area contributed by atoms with Crippen LogP contribution < -0.4 is 0 Å². The summed E-state index contributed by atoms with van der Waals surface area (Å²) in [7, 11) is 0. The Balaban J connectivity index is 2.59. The zero-order valence-electron chi connectivity index (χ0n) is 8.31. The molecule has 1 aromatic rings. The van der Waals surface area contributed by atoms with E-state index in [0.29, 0.717) is 0 Å². The molecule has 0 amide bonds. The summed E-state index contributed by atoms with van der Waals surface area (Å²) in [4.78, 5) is 0. The second-order valence-electron chi connectivity index (χ2n) is 3.35. The molecule has 0 spiro atoms. The van der Waals surface area contributed by atoms with E-state index in [9.17, 15) is 4.39 Å². The Labute approximate surface area is 79.8 Å². The highest BCUT2D eigenvalue weighted by Gasteiger charge is 1.99. The molecular formula is C12H16F. The van der Waals surface area contributed by atoms with Crippen molar-refractivity contribution < 1.29 is 4.39 Å². The summed E-state index contributed by atoms with van der Waals surface area (Å²) in [5, 5.41) is 0. The van der Waals surface area contributed by atoms with Gasteiger partial charge in [0.2, 0.25) is 0 Å². The number of rotatable bonds is 4. The minimum atomic E-state index is -0.134. The van der Waals surface area contributed by atoms with Crippen LogP contribution in [-0.4, -0.2) is 0 Å². The number of benzene rings is 1. The molecule has 13 heavy (non-hydrogen) atoms. The molecule has 0 aliphatic carbocycles. The van der Waals surface area contributed by atoms with Gasteiger partial charge >= 0.3 is 0 Å². The van der Waals surface area contributed by atoms with E-state index >= 15 is 0 Å². The SMILES string of the molecule is CCC[CH]Cc1cc(F)ccc1C. The lowest BCUT2D eigenvalue weighted by Gasteiger charge is -2.04. The Hall–Kier alpha value is -0.850. The monoisotopic (exact) mass is 179 g/mol. The summed E-state index contributed by atoms with van der Waals surface area (Å²) in [6.07, 6.45) is 5.36. The molecule has 0 heterocycles. The fraction of sp³-hybridized carbons (Fsp3) is 0.417. The average Bonchev–Trinajstić information content (AvgIpc) is 2.11. The Kier molecular flexibility index (Phi) is 3.94. The van der Waals surface area contributed by atoms with Crippen molar-refractivity contribution in [2.24, 2.45) is 0 Å². The molecule has 0 aliphatic heterocycles. The minimum Gasteiger partial charge on any atom is -0.207 e. The van der Waals surface area contributed by atoms with E-state index in [1.54, 1.807) is 6.07 Å². The highest BCUT2D eigenvalue weighted by atomic mass is 19.1. The first kappa shape index (κ1) is 10.2. The van der Waals surface area contributed by atoms with Gasteiger partial charge in [-0.25, -0.2) is 4.39 Å². The number of hydrogen-bond acceptors (Lipinski definition) is 0. The zero-order chi connectivity index (χ0) is 9.68. The predicted octanol–water partition coefficient (Wildman–Crippen LogP) is 3.68. The number of aryl methyl sites for hydroxylation is 1. The van der Waals surface area contributed by atoms with Crippen molar-refractivity contribution in [3.63, 3.8) is 0 Å². The van der Waals surface area contributed by atoms with Gasteiger partial charge in [0.05, 0.1) is 0 Å². The van der Waals surface area contributed by atoms with Crippen LogP contribution in [0.3, 0.4) is 0 Å². The van der Waals surface area contributed by atoms with Crippen LogP contribution in [0.2, 0.25) is 0 Å². The maximum Gasteiger partial charge on any atom is 0.123 e. The van der Waals surface area contributed by atoms with Crippen molar-refractivity contribution in [2.75, 3.05) is 0 Å². The van der Waals surface area contributed by atoms with Crippen LogP contribution in [0, 0.1) is 19.2 Å². The van der Waals surface area contributed by atoms with Gasteiger partial charge in [0, 0.05) is 0 Å². The Morgan fingerprint density at radius 3 is 2.85 bits per heavy atom. The zero-order valence-corrected chi connectivity index (χ0v) is 8.31. The van der Waals surface area contributed by atoms with Crippen molar-refractivity contribution in [3.05, 3.63) is 41.6 Å². The molecule has 0 bridgehead atoms. The van der Waals surface area contributed by atoms with Crippen LogP contribution >= 0.6 is 0 Å². The molecule has 71 valence electrons. The van der Waals surface area contributed by atoms with Crippen LogP contribution in [0.5, 0.6) is 0 Å². The third-order valence-electron chi connectivity index (χ3n) is 2.17. The van der Waals surface area contributed by atoms with Crippen molar-refractivity contribution in [2.45, 2.75) is 33.1 Å². The van der Waals surface area contributed by atoms with Gasteiger partial charge in [-0.3, -0.25) is 0 Å². The van der Waals surface area contributed by atoms with Crippen molar-refractivity contribution >= 4 is 0 Å². The van der Waals surface area contributed by atoms with Gasteiger partial charge in [-0.15, -0.1) is 0 Å². The van der Waals surface area contributed by atoms with Crippen LogP contribution in [0.25, 0.3) is 0 Å². The first-order chi connectivity index (χ1) is 6.24. The molecule has 0 aromatic heterocycles. The molecule has 0 atom stereocenters. The highest BCUT2D eigenvalue weighted by Crippen LogP contribution is 2.13. The summed E-state index contributed by atoms with van der Waals surface area (Å²) in [6, 6.07) is 4.98. The Morgan fingerprint density at radius 1 is 1.38 bits per heavy atom. The summed E-state index contributed by atoms with van der Waals surface area (Å²) in [6.45, 7) is 4.17. The first-order valence-electron chi connectivity index (χ1n) is 4.80. The van der Waals surface area contributed by atoms with Crippen molar-refractivity contribution in [1.29, 1.82) is 0 Å². The van der Waals surface area contributed by atoms with Crippen molar-refractivity contribution in [1.82, 2.24) is 0 Å². The fourth-order valence-corrected chi connectivity index (χ4v) is 1.32. The third kappa shape index (κ3) is 3.17. The van der Waals surface area contributed by atoms with Gasteiger partial charge in [-0.2, -0.15) is 0 Å². The highest BCUT2D eigenvalue weighted by molar-refractivity contribution is 5.27. The smallest absolute Gasteiger partial charge is 0.123 e. The largest absolute Gasteiger partial charge is 0.207 e. The van der Waals surface area contributed by atoms with Gasteiger partial charge in [0.15, 0.2) is 0 Å². The van der Waals surface area contributed by atoms with Crippen LogP contribution in [0.15, 0.2) is 18.2 Å². The molecule has 0 saturated carbocycles. The lowest BCUT2D eigenvalue weighted by atomic mass is 10.0. The summed E-state index contributed by atoms with van der Waals surface area (Å²) in [5.74, 6) is -0.134. The van der Waals surface area contributed by atoms with E-state index in [1.165, 1.54) is 11.6 Å². The van der Waals surface area contributed by atoms with Gasteiger partial charge in [0.1, 0.15) is 5.82 Å². The molecule has 0 N–H and O–H groups in total. The summed E-state index contributed by atoms with van der Waals surface area (Å²) in [5.41, 5.74) is 2.28. The van der Waals surface area contributed by atoms with Gasteiger partial charge in [-0.05, 0) is 43.0 Å². The van der Waals surface area contributed by atoms with E-state index in [2.05, 4.69) is 13.3 Å². The average molecular weight is 179 g/mol. The molecule has 0 unspecified atom stereocenters. The third-order valence-corrected chi connectivity index (χ3v) is 2.17. The lowest BCUT2D eigenvalue weighted by Crippen LogP contribution is -1.91. The first-order valence-corrected chi connectivity index (χ1v) is 4.80. The molecule has 1 heteroatoms. The molecule has 1 radical (unpaired) electrons. The molecular weight excluding hydrogens is 163 g/mol. The Bertz CT molecular complexity index is 266. The Morgan fingerprint density at radius 2 is 2.15 bits per heavy atom. The molecule has 0 fully saturated rings. The molecule has 0 nitrogen and oxygen atoms in total. The molecule has 0 aliphatic rings. The number of halogens is 1. The van der Waals surface area contributed by atoms with E-state index in [4.69, 9.17) is 0 Å². The van der Waals surface area contributed by atoms with Crippen LogP contribution in [0.1, 0.15) is 30.9 Å². The molecule has 1 rings (SSSR count). The van der Waals surface area contributed by atoms with Crippen LogP contribution in [-0.2, 0) is 6.42 Å². The van der Waals surface area contributed by atoms with Gasteiger partial charge < -0.3 is 0 Å².